The smallest absolute Gasteiger partial charge is 0.408 e. The van der Waals surface area contributed by atoms with E-state index in [-0.39, 0.29) is 5.03 Å². The molecular formula is C16H22N2O4S. The van der Waals surface area contributed by atoms with Crippen molar-refractivity contribution in [3.63, 3.8) is 0 Å². The Balaban J connectivity index is 2.76. The van der Waals surface area contributed by atoms with Crippen LogP contribution in [0.15, 0.2) is 40.3 Å². The third kappa shape index (κ3) is 7.69. The molecule has 0 aliphatic heterocycles. The van der Waals surface area contributed by atoms with E-state index in [2.05, 4.69) is 5.32 Å². The molecule has 6 nitrogen and oxygen atoms in total. The van der Waals surface area contributed by atoms with E-state index in [1.165, 1.54) is 6.08 Å². The van der Waals surface area contributed by atoms with Gasteiger partial charge in [0.05, 0.1) is 11.0 Å². The lowest BCUT2D eigenvalue weighted by Gasteiger charge is -2.20. The lowest BCUT2D eigenvalue weighted by molar-refractivity contribution is -0.410. The molecule has 0 heterocycles. The molecule has 0 aliphatic rings. The summed E-state index contributed by atoms with van der Waals surface area (Å²) in [5.41, 5.74) is 0.469. The third-order valence-electron chi connectivity index (χ3n) is 2.56. The number of benzene rings is 1. The number of nitro groups is 1. The van der Waals surface area contributed by atoms with E-state index in [1.807, 2.05) is 31.2 Å². The van der Waals surface area contributed by atoms with Crippen molar-refractivity contribution in [2.75, 3.05) is 0 Å². The third-order valence-corrected chi connectivity index (χ3v) is 3.56. The van der Waals surface area contributed by atoms with E-state index in [1.54, 1.807) is 27.7 Å². The average Bonchev–Trinajstić information content (AvgIpc) is 2.37. The zero-order chi connectivity index (χ0) is 17.6. The first-order valence-electron chi connectivity index (χ1n) is 7.17. The fourth-order valence-corrected chi connectivity index (χ4v) is 2.47. The normalized spacial score (nSPS) is 13.3. The topological polar surface area (TPSA) is 81.5 Å². The number of carbonyl (C=O) groups excluding carboxylic acids is 1. The van der Waals surface area contributed by atoms with Crippen LogP contribution in [0.25, 0.3) is 0 Å². The Morgan fingerprint density at radius 2 is 1.91 bits per heavy atom. The monoisotopic (exact) mass is 338 g/mol. The number of amides is 1. The van der Waals surface area contributed by atoms with Gasteiger partial charge >= 0.3 is 11.1 Å². The molecule has 23 heavy (non-hydrogen) atoms. The highest BCUT2D eigenvalue weighted by Crippen LogP contribution is 2.27. The Hall–Kier alpha value is -2.02. The van der Waals surface area contributed by atoms with Crippen LogP contribution in [0.2, 0.25) is 0 Å². The second kappa shape index (κ2) is 8.01. The van der Waals surface area contributed by atoms with Gasteiger partial charge < -0.3 is 10.1 Å². The second-order valence-electron chi connectivity index (χ2n) is 6.11. The van der Waals surface area contributed by atoms with E-state index in [0.717, 1.165) is 22.2 Å². The minimum atomic E-state index is -0.615. The molecule has 0 radical (unpaired) electrons. The molecule has 0 saturated carbocycles. The summed E-state index contributed by atoms with van der Waals surface area (Å²) < 4.78 is 5.13. The minimum Gasteiger partial charge on any atom is -0.444 e. The summed E-state index contributed by atoms with van der Waals surface area (Å²) in [6.07, 6.45) is 0.790. The number of hydrogen-bond donors (Lipinski definition) is 1. The number of carbonyl (C=O) groups is 1. The van der Waals surface area contributed by atoms with E-state index in [9.17, 15) is 14.9 Å². The molecule has 1 N–H and O–H groups in total. The molecule has 1 rings (SSSR count). The highest BCUT2D eigenvalue weighted by molar-refractivity contribution is 8.02. The molecule has 1 aromatic rings. The summed E-state index contributed by atoms with van der Waals surface area (Å²) in [4.78, 5) is 23.2. The maximum absolute atomic E-state index is 11.7. The molecule has 0 unspecified atom stereocenters. The number of alkyl carbamates (subject to hydrolysis) is 1. The summed E-state index contributed by atoms with van der Waals surface area (Å²) in [5, 5.41) is 13.7. The number of thioether (sulfide) groups is 1. The molecule has 0 aromatic heterocycles. The molecule has 0 fully saturated rings. The van der Waals surface area contributed by atoms with Crippen LogP contribution in [-0.2, 0) is 4.74 Å². The summed E-state index contributed by atoms with van der Waals surface area (Å²) in [5.74, 6) is 0. The van der Waals surface area contributed by atoms with Crippen molar-refractivity contribution in [1.29, 1.82) is 0 Å². The first-order valence-corrected chi connectivity index (χ1v) is 7.99. The van der Waals surface area contributed by atoms with Gasteiger partial charge in [-0.25, -0.2) is 4.79 Å². The van der Waals surface area contributed by atoms with Crippen LogP contribution < -0.4 is 5.32 Å². The van der Waals surface area contributed by atoms with E-state index < -0.39 is 22.7 Å². The van der Waals surface area contributed by atoms with Gasteiger partial charge in [-0.2, -0.15) is 0 Å². The SMILES string of the molecule is Cc1ccc(S/C(=C\[C@H](C)NC(=O)OC(C)(C)C)[N+](=O)[O-])cc1. The Morgan fingerprint density at radius 1 is 1.35 bits per heavy atom. The van der Waals surface area contributed by atoms with Crippen LogP contribution in [0.1, 0.15) is 33.3 Å². The van der Waals surface area contributed by atoms with Gasteiger partial charge in [-0.1, -0.05) is 17.7 Å². The number of hydrogen-bond acceptors (Lipinski definition) is 5. The fraction of sp³-hybridized carbons (Fsp3) is 0.438. The molecular weight excluding hydrogens is 316 g/mol. The predicted molar refractivity (Wildman–Crippen MR) is 90.9 cm³/mol. The molecule has 0 spiro atoms. The van der Waals surface area contributed by atoms with Crippen LogP contribution in [0.4, 0.5) is 4.79 Å². The van der Waals surface area contributed by atoms with Gasteiger partial charge in [0.25, 0.3) is 0 Å². The van der Waals surface area contributed by atoms with Gasteiger partial charge in [0.15, 0.2) is 0 Å². The quantitative estimate of drug-likeness (QED) is 0.496. The van der Waals surface area contributed by atoms with Gasteiger partial charge in [-0.05, 0) is 58.5 Å². The number of aryl methyl sites for hydroxylation is 1. The van der Waals surface area contributed by atoms with Gasteiger partial charge in [0.1, 0.15) is 5.60 Å². The summed E-state index contributed by atoms with van der Waals surface area (Å²) in [6.45, 7) is 8.86. The Bertz CT molecular complexity index is 591. The summed E-state index contributed by atoms with van der Waals surface area (Å²) in [6, 6.07) is 6.90. The molecule has 0 saturated heterocycles. The second-order valence-corrected chi connectivity index (χ2v) is 7.21. The number of nitrogens with one attached hydrogen (secondary N) is 1. The summed E-state index contributed by atoms with van der Waals surface area (Å²) in [7, 11) is 0. The first kappa shape index (κ1) is 19.0. The number of nitrogens with zero attached hydrogens (tertiary/aromatic N) is 1. The standard InChI is InChI=1S/C16H22N2O4S/c1-11-6-8-13(9-7-11)23-14(18(20)21)10-12(2)17-15(19)22-16(3,4)5/h6-10,12H,1-5H3,(H,17,19)/b14-10-/t12-/m0/s1. The Kier molecular flexibility index (Phi) is 6.62. The van der Waals surface area contributed by atoms with Gasteiger partial charge in [-0.3, -0.25) is 10.1 Å². The largest absolute Gasteiger partial charge is 0.444 e. The molecule has 0 bridgehead atoms. The van der Waals surface area contributed by atoms with Crippen molar-refractivity contribution >= 4 is 17.9 Å². The van der Waals surface area contributed by atoms with E-state index in [0.29, 0.717) is 0 Å². The highest BCUT2D eigenvalue weighted by Gasteiger charge is 2.19. The van der Waals surface area contributed by atoms with Crippen LogP contribution in [0.5, 0.6) is 0 Å². The zero-order valence-corrected chi connectivity index (χ0v) is 14.8. The molecule has 1 amide bonds. The van der Waals surface area contributed by atoms with Crippen molar-refractivity contribution < 1.29 is 14.5 Å². The fourth-order valence-electron chi connectivity index (χ4n) is 1.61. The van der Waals surface area contributed by atoms with Crippen molar-refractivity contribution in [2.24, 2.45) is 0 Å². The molecule has 126 valence electrons. The van der Waals surface area contributed by atoms with Crippen LogP contribution >= 0.6 is 11.8 Å². The van der Waals surface area contributed by atoms with Gasteiger partial charge in [0.2, 0.25) is 0 Å². The lowest BCUT2D eigenvalue weighted by atomic mass is 10.2. The van der Waals surface area contributed by atoms with Crippen LogP contribution in [0, 0.1) is 17.0 Å². The molecule has 1 aromatic carbocycles. The highest BCUT2D eigenvalue weighted by atomic mass is 32.2. The molecule has 7 heteroatoms. The van der Waals surface area contributed by atoms with Crippen molar-refractivity contribution in [1.82, 2.24) is 5.32 Å². The minimum absolute atomic E-state index is 0.0441. The Labute approximate surface area is 140 Å². The van der Waals surface area contributed by atoms with Crippen LogP contribution in [0.3, 0.4) is 0 Å². The van der Waals surface area contributed by atoms with Crippen molar-refractivity contribution in [2.45, 2.75) is 51.2 Å². The summed E-state index contributed by atoms with van der Waals surface area (Å²) >= 11 is 1.04. The van der Waals surface area contributed by atoms with Gasteiger partial charge in [-0.15, -0.1) is 0 Å². The Morgan fingerprint density at radius 3 is 2.39 bits per heavy atom. The van der Waals surface area contributed by atoms with Crippen molar-refractivity contribution in [3.8, 4) is 0 Å². The van der Waals surface area contributed by atoms with Gasteiger partial charge in [0, 0.05) is 11.0 Å². The van der Waals surface area contributed by atoms with E-state index >= 15 is 0 Å². The maximum atomic E-state index is 11.7. The predicted octanol–water partition coefficient (Wildman–Crippen LogP) is 4.12. The molecule has 1 atom stereocenters. The number of ether oxygens (including phenoxy) is 1. The maximum Gasteiger partial charge on any atom is 0.408 e. The van der Waals surface area contributed by atoms with E-state index in [4.69, 9.17) is 4.74 Å². The first-order chi connectivity index (χ1) is 10.6. The lowest BCUT2D eigenvalue weighted by Crippen LogP contribution is -2.37. The zero-order valence-electron chi connectivity index (χ0n) is 14.0. The molecule has 0 aliphatic carbocycles. The number of rotatable bonds is 5. The average molecular weight is 338 g/mol. The van der Waals surface area contributed by atoms with Crippen LogP contribution in [-0.4, -0.2) is 22.7 Å². The van der Waals surface area contributed by atoms with Crippen molar-refractivity contribution in [3.05, 3.63) is 51.0 Å².